The summed E-state index contributed by atoms with van der Waals surface area (Å²) in [6.07, 6.45) is 0. The van der Waals surface area contributed by atoms with E-state index in [1.807, 2.05) is 42.5 Å². The van der Waals surface area contributed by atoms with Crippen LogP contribution in [0.1, 0.15) is 5.89 Å². The van der Waals surface area contributed by atoms with Gasteiger partial charge < -0.3 is 9.15 Å². The number of halogens is 2. The van der Waals surface area contributed by atoms with Gasteiger partial charge in [-0.3, -0.25) is 0 Å². The van der Waals surface area contributed by atoms with E-state index in [4.69, 9.17) is 9.15 Å². The maximum absolute atomic E-state index is 5.68. The van der Waals surface area contributed by atoms with E-state index in [9.17, 15) is 0 Å². The molecule has 19 heavy (non-hydrogen) atoms. The van der Waals surface area contributed by atoms with Crippen molar-refractivity contribution in [1.29, 1.82) is 0 Å². The highest BCUT2D eigenvalue weighted by Gasteiger charge is 2.07. The minimum atomic E-state index is 0.301. The van der Waals surface area contributed by atoms with Gasteiger partial charge in [0, 0.05) is 4.47 Å². The largest absolute Gasteiger partial charge is 0.483 e. The van der Waals surface area contributed by atoms with Gasteiger partial charge in [-0.2, -0.15) is 0 Å². The molecule has 0 saturated heterocycles. The summed E-state index contributed by atoms with van der Waals surface area (Å²) in [4.78, 5) is 4.36. The van der Waals surface area contributed by atoms with Crippen molar-refractivity contribution in [2.75, 3.05) is 0 Å². The van der Waals surface area contributed by atoms with Crippen molar-refractivity contribution in [3.63, 3.8) is 0 Å². The van der Waals surface area contributed by atoms with E-state index < -0.39 is 0 Å². The molecule has 0 N–H and O–H groups in total. The highest BCUT2D eigenvalue weighted by atomic mass is 79.9. The third-order valence-electron chi connectivity index (χ3n) is 2.58. The zero-order valence-electron chi connectivity index (χ0n) is 9.77. The van der Waals surface area contributed by atoms with Crippen LogP contribution in [0.25, 0.3) is 11.1 Å². The van der Waals surface area contributed by atoms with Crippen molar-refractivity contribution < 1.29 is 9.15 Å². The third kappa shape index (κ3) is 2.82. The summed E-state index contributed by atoms with van der Waals surface area (Å²) < 4.78 is 13.2. The normalized spacial score (nSPS) is 10.8. The number of hydrogen-bond donors (Lipinski definition) is 0. The molecule has 0 aliphatic rings. The SMILES string of the molecule is Brc1ccc(OCc2nc3ccccc3o2)c(Br)c1. The zero-order valence-corrected chi connectivity index (χ0v) is 12.9. The Morgan fingerprint density at radius 1 is 1.11 bits per heavy atom. The number of aromatic nitrogens is 1. The van der Waals surface area contributed by atoms with Crippen LogP contribution >= 0.6 is 31.9 Å². The van der Waals surface area contributed by atoms with Gasteiger partial charge in [0.15, 0.2) is 12.2 Å². The van der Waals surface area contributed by atoms with E-state index in [1.165, 1.54) is 0 Å². The van der Waals surface area contributed by atoms with Crippen LogP contribution in [-0.2, 0) is 6.61 Å². The smallest absolute Gasteiger partial charge is 0.233 e. The highest BCUT2D eigenvalue weighted by molar-refractivity contribution is 9.11. The van der Waals surface area contributed by atoms with E-state index >= 15 is 0 Å². The van der Waals surface area contributed by atoms with Gasteiger partial charge in [0.1, 0.15) is 11.3 Å². The second-order valence-corrected chi connectivity index (χ2v) is 5.71. The van der Waals surface area contributed by atoms with Gasteiger partial charge >= 0.3 is 0 Å². The lowest BCUT2D eigenvalue weighted by molar-refractivity contribution is 0.265. The number of para-hydroxylation sites is 2. The van der Waals surface area contributed by atoms with Crippen molar-refractivity contribution in [3.05, 3.63) is 57.3 Å². The number of fused-ring (bicyclic) bond motifs is 1. The van der Waals surface area contributed by atoms with Crippen LogP contribution in [0.4, 0.5) is 0 Å². The summed E-state index contributed by atoms with van der Waals surface area (Å²) in [5.74, 6) is 1.32. The van der Waals surface area contributed by atoms with Crippen molar-refractivity contribution in [2.45, 2.75) is 6.61 Å². The van der Waals surface area contributed by atoms with Crippen LogP contribution in [0.3, 0.4) is 0 Å². The number of oxazole rings is 1. The first-order chi connectivity index (χ1) is 9.22. The number of ether oxygens (including phenoxy) is 1. The fraction of sp³-hybridized carbons (Fsp3) is 0.0714. The minimum Gasteiger partial charge on any atom is -0.483 e. The standard InChI is InChI=1S/C14H9Br2NO2/c15-9-5-6-12(10(16)7-9)18-8-14-17-11-3-1-2-4-13(11)19-14/h1-7H,8H2. The Bertz CT molecular complexity index is 691. The van der Waals surface area contributed by atoms with Crippen molar-refractivity contribution >= 4 is 43.0 Å². The first-order valence-electron chi connectivity index (χ1n) is 5.65. The van der Waals surface area contributed by atoms with Crippen LogP contribution in [0.5, 0.6) is 5.75 Å². The Labute approximate surface area is 126 Å². The molecule has 0 atom stereocenters. The number of benzene rings is 2. The van der Waals surface area contributed by atoms with Gasteiger partial charge in [-0.15, -0.1) is 0 Å². The zero-order chi connectivity index (χ0) is 13.2. The van der Waals surface area contributed by atoms with Crippen molar-refractivity contribution in [2.24, 2.45) is 0 Å². The van der Waals surface area contributed by atoms with Crippen LogP contribution < -0.4 is 4.74 Å². The summed E-state index contributed by atoms with van der Waals surface area (Å²) in [6, 6.07) is 13.4. The number of nitrogens with zero attached hydrogens (tertiary/aromatic N) is 1. The predicted octanol–water partition coefficient (Wildman–Crippen LogP) is 4.93. The summed E-state index contributed by atoms with van der Waals surface area (Å²) in [6.45, 7) is 0.301. The molecule has 0 spiro atoms. The molecule has 0 fully saturated rings. The van der Waals surface area contributed by atoms with Gasteiger partial charge in [0.2, 0.25) is 5.89 Å². The molecule has 3 rings (SSSR count). The molecule has 2 aromatic carbocycles. The summed E-state index contributed by atoms with van der Waals surface area (Å²) >= 11 is 6.85. The topological polar surface area (TPSA) is 35.3 Å². The molecule has 0 unspecified atom stereocenters. The lowest BCUT2D eigenvalue weighted by Crippen LogP contribution is -1.96. The number of hydrogen-bond acceptors (Lipinski definition) is 3. The molecule has 0 saturated carbocycles. The Hall–Kier alpha value is -1.33. The lowest BCUT2D eigenvalue weighted by atomic mass is 10.3. The molecular weight excluding hydrogens is 374 g/mol. The van der Waals surface area contributed by atoms with Gasteiger partial charge in [0.05, 0.1) is 4.47 Å². The molecular formula is C14H9Br2NO2. The Morgan fingerprint density at radius 3 is 2.74 bits per heavy atom. The molecule has 5 heteroatoms. The summed E-state index contributed by atoms with van der Waals surface area (Å²) in [5, 5.41) is 0. The fourth-order valence-corrected chi connectivity index (χ4v) is 2.87. The molecule has 0 radical (unpaired) electrons. The lowest BCUT2D eigenvalue weighted by Gasteiger charge is -2.05. The first-order valence-corrected chi connectivity index (χ1v) is 7.23. The van der Waals surface area contributed by atoms with Gasteiger partial charge in [-0.05, 0) is 46.3 Å². The van der Waals surface area contributed by atoms with E-state index in [-0.39, 0.29) is 0 Å². The Morgan fingerprint density at radius 2 is 1.95 bits per heavy atom. The average Bonchev–Trinajstić information content (AvgIpc) is 2.80. The Kier molecular flexibility index (Phi) is 3.57. The summed E-state index contributed by atoms with van der Waals surface area (Å²) in [7, 11) is 0. The molecule has 0 bridgehead atoms. The molecule has 96 valence electrons. The quantitative estimate of drug-likeness (QED) is 0.644. The number of rotatable bonds is 3. The first kappa shape index (κ1) is 12.7. The van der Waals surface area contributed by atoms with E-state index in [1.54, 1.807) is 0 Å². The van der Waals surface area contributed by atoms with Gasteiger partial charge in [-0.25, -0.2) is 4.98 Å². The van der Waals surface area contributed by atoms with E-state index in [0.29, 0.717) is 12.5 Å². The van der Waals surface area contributed by atoms with Crippen molar-refractivity contribution in [3.8, 4) is 5.75 Å². The molecule has 3 nitrogen and oxygen atoms in total. The molecule has 0 aliphatic heterocycles. The Balaban J connectivity index is 1.78. The van der Waals surface area contributed by atoms with Gasteiger partial charge in [-0.1, -0.05) is 28.1 Å². The molecule has 0 amide bonds. The van der Waals surface area contributed by atoms with E-state index in [0.717, 1.165) is 25.8 Å². The maximum Gasteiger partial charge on any atom is 0.233 e. The van der Waals surface area contributed by atoms with Crippen LogP contribution in [0, 0.1) is 0 Å². The highest BCUT2D eigenvalue weighted by Crippen LogP contribution is 2.29. The average molecular weight is 383 g/mol. The predicted molar refractivity (Wildman–Crippen MR) is 80.2 cm³/mol. The molecule has 0 aliphatic carbocycles. The molecule has 1 heterocycles. The second kappa shape index (κ2) is 5.35. The van der Waals surface area contributed by atoms with Crippen LogP contribution in [0.2, 0.25) is 0 Å². The minimum absolute atomic E-state index is 0.301. The second-order valence-electron chi connectivity index (χ2n) is 3.94. The maximum atomic E-state index is 5.68. The van der Waals surface area contributed by atoms with Crippen molar-refractivity contribution in [1.82, 2.24) is 4.98 Å². The van der Waals surface area contributed by atoms with Gasteiger partial charge in [0.25, 0.3) is 0 Å². The fourth-order valence-electron chi connectivity index (χ4n) is 1.71. The van der Waals surface area contributed by atoms with Crippen LogP contribution in [0.15, 0.2) is 55.8 Å². The van der Waals surface area contributed by atoms with E-state index in [2.05, 4.69) is 36.8 Å². The summed E-state index contributed by atoms with van der Waals surface area (Å²) in [5.41, 5.74) is 1.62. The monoisotopic (exact) mass is 381 g/mol. The van der Waals surface area contributed by atoms with Crippen LogP contribution in [-0.4, -0.2) is 4.98 Å². The molecule has 1 aromatic heterocycles. The molecule has 3 aromatic rings. The third-order valence-corrected chi connectivity index (χ3v) is 3.70.